The molecule has 0 bridgehead atoms. The van der Waals surface area contributed by atoms with Gasteiger partial charge in [0.1, 0.15) is 0 Å². The molecule has 1 aliphatic heterocycles. The van der Waals surface area contributed by atoms with Crippen molar-refractivity contribution in [2.24, 2.45) is 0 Å². The van der Waals surface area contributed by atoms with Gasteiger partial charge >= 0.3 is 0 Å². The molecule has 0 saturated carbocycles. The lowest BCUT2D eigenvalue weighted by molar-refractivity contribution is -0.122. The summed E-state index contributed by atoms with van der Waals surface area (Å²) in [5, 5.41) is 3.00. The number of para-hydroxylation sites is 1. The number of methoxy groups -OCH3 is 1. The Labute approximate surface area is 228 Å². The molecule has 206 valence electrons. The Morgan fingerprint density at radius 2 is 1.53 bits per heavy atom. The summed E-state index contributed by atoms with van der Waals surface area (Å²) in [4.78, 5) is 27.6. The first kappa shape index (κ1) is 29.6. The second-order valence-corrected chi connectivity index (χ2v) is 11.2. The normalized spacial score (nSPS) is 14.2. The highest BCUT2D eigenvalue weighted by atomic mass is 16.5. The molecule has 0 saturated heterocycles. The van der Waals surface area contributed by atoms with Crippen LogP contribution in [-0.4, -0.2) is 43.3 Å². The summed E-state index contributed by atoms with van der Waals surface area (Å²) in [5.74, 6) is 0.0999. The van der Waals surface area contributed by atoms with Gasteiger partial charge in [0.25, 0.3) is 0 Å². The zero-order valence-corrected chi connectivity index (χ0v) is 23.7. The van der Waals surface area contributed by atoms with Gasteiger partial charge in [-0.2, -0.15) is 0 Å². The molecule has 0 spiro atoms. The number of anilines is 1. The number of unbranched alkanes of at least 4 members (excludes halogenated alkanes) is 1. The number of carbonyl (C=O) groups excluding carboxylic acids is 2. The Bertz CT molecular complexity index is 1110. The van der Waals surface area contributed by atoms with Crippen LogP contribution in [-0.2, 0) is 25.6 Å². The predicted octanol–water partition coefficient (Wildman–Crippen LogP) is 6.38. The number of fused-ring (bicyclic) bond motifs is 2. The maximum absolute atomic E-state index is 13.3. The lowest BCUT2D eigenvalue weighted by Crippen LogP contribution is -2.34. The van der Waals surface area contributed by atoms with E-state index in [1.54, 1.807) is 7.11 Å². The van der Waals surface area contributed by atoms with E-state index in [1.807, 2.05) is 69.0 Å². The van der Waals surface area contributed by atoms with Crippen LogP contribution in [0, 0.1) is 0 Å². The van der Waals surface area contributed by atoms with Crippen molar-refractivity contribution in [2.45, 2.75) is 84.0 Å². The summed E-state index contributed by atoms with van der Waals surface area (Å²) in [7, 11) is 1.71. The van der Waals surface area contributed by atoms with Crippen LogP contribution in [0.25, 0.3) is 12.2 Å². The van der Waals surface area contributed by atoms with E-state index < -0.39 is 0 Å². The fourth-order valence-electron chi connectivity index (χ4n) is 4.41. The first-order chi connectivity index (χ1) is 18.1. The van der Waals surface area contributed by atoms with E-state index in [2.05, 4.69) is 29.6 Å². The quantitative estimate of drug-likeness (QED) is 0.311. The van der Waals surface area contributed by atoms with Crippen molar-refractivity contribution < 1.29 is 19.1 Å². The van der Waals surface area contributed by atoms with Crippen molar-refractivity contribution in [1.29, 1.82) is 0 Å². The minimum atomic E-state index is -0.320. The molecule has 3 rings (SSSR count). The SMILES string of the molecule is COC(C)(C)CCOC(C)(C)CCNC(=O)CCCCC(=O)N1Cc2ccccc2/C=C\c2ccccc21. The smallest absolute Gasteiger partial charge is 0.227 e. The predicted molar refractivity (Wildman–Crippen MR) is 155 cm³/mol. The van der Waals surface area contributed by atoms with Gasteiger partial charge in [-0.25, -0.2) is 0 Å². The minimum Gasteiger partial charge on any atom is -0.379 e. The molecule has 6 nitrogen and oxygen atoms in total. The van der Waals surface area contributed by atoms with Gasteiger partial charge in [-0.15, -0.1) is 0 Å². The van der Waals surface area contributed by atoms with Crippen molar-refractivity contribution in [1.82, 2.24) is 5.32 Å². The molecular weight excluding hydrogens is 476 g/mol. The number of amides is 2. The van der Waals surface area contributed by atoms with Crippen LogP contribution < -0.4 is 10.2 Å². The number of carbonyl (C=O) groups is 2. The molecule has 2 amide bonds. The molecule has 1 aliphatic rings. The standard InChI is InChI=1S/C32H44N2O4/c1-31(2,37-5)21-23-38-32(3,4)20-22-33-29(35)16-10-11-17-30(36)34-24-27-14-7-6-12-25(27)18-19-26-13-8-9-15-28(26)34/h6-9,12-15,18-19H,10-11,16-17,20-24H2,1-5H3,(H,33,35)/b19-18-. The molecule has 0 aliphatic carbocycles. The van der Waals surface area contributed by atoms with Gasteiger partial charge in [-0.05, 0) is 76.1 Å². The molecule has 0 fully saturated rings. The summed E-state index contributed by atoms with van der Waals surface area (Å²) in [5.41, 5.74) is 3.69. The molecule has 6 heteroatoms. The average Bonchev–Trinajstić information content (AvgIpc) is 2.87. The monoisotopic (exact) mass is 520 g/mol. The van der Waals surface area contributed by atoms with E-state index in [9.17, 15) is 9.59 Å². The molecule has 0 aromatic heterocycles. The zero-order valence-electron chi connectivity index (χ0n) is 23.7. The number of ether oxygens (including phenoxy) is 2. The first-order valence-corrected chi connectivity index (χ1v) is 13.7. The molecule has 1 N–H and O–H groups in total. The molecule has 1 heterocycles. The van der Waals surface area contributed by atoms with Gasteiger partial charge in [-0.3, -0.25) is 9.59 Å². The Morgan fingerprint density at radius 3 is 2.29 bits per heavy atom. The van der Waals surface area contributed by atoms with Gasteiger partial charge in [-0.1, -0.05) is 54.6 Å². The second-order valence-electron chi connectivity index (χ2n) is 11.2. The third-order valence-corrected chi connectivity index (χ3v) is 7.20. The van der Waals surface area contributed by atoms with Gasteiger partial charge < -0.3 is 19.7 Å². The lowest BCUT2D eigenvalue weighted by Gasteiger charge is -2.29. The summed E-state index contributed by atoms with van der Waals surface area (Å²) in [6.45, 7) is 9.89. The van der Waals surface area contributed by atoms with Crippen molar-refractivity contribution in [3.05, 3.63) is 65.2 Å². The average molecular weight is 521 g/mol. The second kappa shape index (κ2) is 13.7. The maximum Gasteiger partial charge on any atom is 0.227 e. The van der Waals surface area contributed by atoms with E-state index in [0.29, 0.717) is 45.4 Å². The van der Waals surface area contributed by atoms with Crippen LogP contribution in [0.4, 0.5) is 5.69 Å². The number of hydrogen-bond acceptors (Lipinski definition) is 4. The topological polar surface area (TPSA) is 67.9 Å². The first-order valence-electron chi connectivity index (χ1n) is 13.7. The summed E-state index contributed by atoms with van der Waals surface area (Å²) in [6, 6.07) is 16.2. The molecule has 38 heavy (non-hydrogen) atoms. The molecular formula is C32H44N2O4. The zero-order chi connectivity index (χ0) is 27.6. The van der Waals surface area contributed by atoms with Crippen molar-refractivity contribution in [3.63, 3.8) is 0 Å². The summed E-state index contributed by atoms with van der Waals surface area (Å²) in [6.07, 6.45) is 7.90. The van der Waals surface area contributed by atoms with Crippen LogP contribution in [0.2, 0.25) is 0 Å². The number of hydrogen-bond donors (Lipinski definition) is 1. The van der Waals surface area contributed by atoms with Gasteiger partial charge in [0.15, 0.2) is 0 Å². The molecule has 0 radical (unpaired) electrons. The highest BCUT2D eigenvalue weighted by Gasteiger charge is 2.23. The molecule has 2 aromatic carbocycles. The third-order valence-electron chi connectivity index (χ3n) is 7.20. The van der Waals surface area contributed by atoms with E-state index in [-0.39, 0.29) is 23.0 Å². The van der Waals surface area contributed by atoms with Crippen LogP contribution in [0.1, 0.15) is 82.9 Å². The van der Waals surface area contributed by atoms with Gasteiger partial charge in [0.05, 0.1) is 30.0 Å². The van der Waals surface area contributed by atoms with Crippen LogP contribution >= 0.6 is 0 Å². The Morgan fingerprint density at radius 1 is 0.868 bits per heavy atom. The molecule has 0 unspecified atom stereocenters. The Hall–Kier alpha value is -2.96. The Balaban J connectivity index is 1.42. The van der Waals surface area contributed by atoms with Gasteiger partial charge in [0, 0.05) is 26.5 Å². The summed E-state index contributed by atoms with van der Waals surface area (Å²) < 4.78 is 11.5. The van der Waals surface area contributed by atoms with Crippen LogP contribution in [0.3, 0.4) is 0 Å². The minimum absolute atomic E-state index is 0.0180. The maximum atomic E-state index is 13.3. The van der Waals surface area contributed by atoms with Crippen molar-refractivity contribution in [3.8, 4) is 0 Å². The Kier molecular flexibility index (Phi) is 10.7. The summed E-state index contributed by atoms with van der Waals surface area (Å²) >= 11 is 0. The third kappa shape index (κ3) is 9.10. The van der Waals surface area contributed by atoms with E-state index in [1.165, 1.54) is 0 Å². The number of rotatable bonds is 13. The highest BCUT2D eigenvalue weighted by Crippen LogP contribution is 2.29. The highest BCUT2D eigenvalue weighted by molar-refractivity contribution is 5.97. The number of nitrogens with zero attached hydrogens (tertiary/aromatic N) is 1. The number of nitrogens with one attached hydrogen (secondary N) is 1. The number of benzene rings is 2. The van der Waals surface area contributed by atoms with Crippen molar-refractivity contribution in [2.75, 3.05) is 25.2 Å². The van der Waals surface area contributed by atoms with E-state index in [4.69, 9.17) is 9.47 Å². The van der Waals surface area contributed by atoms with Crippen LogP contribution in [0.5, 0.6) is 0 Å². The van der Waals surface area contributed by atoms with E-state index >= 15 is 0 Å². The lowest BCUT2D eigenvalue weighted by atomic mass is 10.0. The largest absolute Gasteiger partial charge is 0.379 e. The fourth-order valence-corrected chi connectivity index (χ4v) is 4.41. The molecule has 2 aromatic rings. The van der Waals surface area contributed by atoms with E-state index in [0.717, 1.165) is 35.2 Å². The van der Waals surface area contributed by atoms with Gasteiger partial charge in [0.2, 0.25) is 11.8 Å². The van der Waals surface area contributed by atoms with Crippen LogP contribution in [0.15, 0.2) is 48.5 Å². The van der Waals surface area contributed by atoms with Crippen molar-refractivity contribution >= 4 is 29.7 Å². The fraction of sp³-hybridized carbons (Fsp3) is 0.500. The molecule has 0 atom stereocenters.